The van der Waals surface area contributed by atoms with Crippen LogP contribution in [0.15, 0.2) is 18.3 Å². The zero-order chi connectivity index (χ0) is 13.9. The normalized spacial score (nSPS) is 9.74. The Hall–Kier alpha value is -2.00. The summed E-state index contributed by atoms with van der Waals surface area (Å²) >= 11 is 0. The van der Waals surface area contributed by atoms with E-state index in [9.17, 15) is 4.79 Å². The first-order valence-electron chi connectivity index (χ1n) is 6.69. The predicted octanol–water partition coefficient (Wildman–Crippen LogP) is 2.43. The van der Waals surface area contributed by atoms with Gasteiger partial charge in [-0.05, 0) is 18.6 Å². The van der Waals surface area contributed by atoms with Gasteiger partial charge in [-0.3, -0.25) is 9.78 Å². The van der Waals surface area contributed by atoms with E-state index in [1.54, 1.807) is 12.1 Å². The largest absolute Gasteiger partial charge is 0.361 e. The summed E-state index contributed by atoms with van der Waals surface area (Å²) in [5.41, 5.74) is 9.42. The van der Waals surface area contributed by atoms with Gasteiger partial charge in [0.15, 0.2) is 0 Å². The predicted molar refractivity (Wildman–Crippen MR) is 74.1 cm³/mol. The highest BCUT2D eigenvalue weighted by atomic mass is 16.1. The molecule has 102 valence electrons. The third-order valence-electron chi connectivity index (χ3n) is 2.79. The van der Waals surface area contributed by atoms with Gasteiger partial charge >= 0.3 is 0 Å². The highest BCUT2D eigenvalue weighted by Gasteiger charge is 2.07. The van der Waals surface area contributed by atoms with Crippen LogP contribution in [-0.2, 0) is 0 Å². The number of nitrogens with zero attached hydrogens (tertiary/aromatic N) is 3. The molecule has 0 radical (unpaired) electrons. The quantitative estimate of drug-likeness (QED) is 0.337. The summed E-state index contributed by atoms with van der Waals surface area (Å²) in [6.07, 6.45) is 8.60. The molecule has 1 aromatic heterocycles. The van der Waals surface area contributed by atoms with Crippen LogP contribution in [0.1, 0.15) is 55.1 Å². The van der Waals surface area contributed by atoms with Gasteiger partial charge in [0.25, 0.3) is 12.1 Å². The molecular weight excluding hydrogens is 240 g/mol. The maximum atomic E-state index is 11.8. The molecule has 1 N–H and O–H groups in total. The summed E-state index contributed by atoms with van der Waals surface area (Å²) in [6, 6.07) is 3.26. The van der Waals surface area contributed by atoms with Crippen molar-refractivity contribution in [3.05, 3.63) is 35.1 Å². The second-order valence-electron chi connectivity index (χ2n) is 4.39. The van der Waals surface area contributed by atoms with Crippen LogP contribution in [0.5, 0.6) is 0 Å². The number of unbranched alkanes of at least 4 members (excludes halogenated alkanes) is 4. The molecule has 0 saturated carbocycles. The Morgan fingerprint density at radius 3 is 2.95 bits per heavy atom. The summed E-state index contributed by atoms with van der Waals surface area (Å²) in [5, 5.41) is 2.84. The van der Waals surface area contributed by atoms with E-state index in [2.05, 4.69) is 22.0 Å². The van der Waals surface area contributed by atoms with Crippen LogP contribution in [0.4, 0.5) is 0 Å². The second-order valence-corrected chi connectivity index (χ2v) is 4.39. The zero-order valence-corrected chi connectivity index (χ0v) is 11.3. The number of pyridine rings is 1. The zero-order valence-electron chi connectivity index (χ0n) is 11.3. The third kappa shape index (κ3) is 5.93. The topological polar surface area (TPSA) is 78.4 Å². The average molecular weight is 260 g/mol. The van der Waals surface area contributed by atoms with Crippen molar-refractivity contribution in [2.24, 2.45) is 0 Å². The van der Waals surface area contributed by atoms with Crippen molar-refractivity contribution in [3.63, 3.8) is 0 Å². The molecule has 0 spiro atoms. The number of amides is 1. The highest BCUT2D eigenvalue weighted by Crippen LogP contribution is 2.02. The molecule has 19 heavy (non-hydrogen) atoms. The van der Waals surface area contributed by atoms with Crippen LogP contribution >= 0.6 is 0 Å². The van der Waals surface area contributed by atoms with E-state index in [1.165, 1.54) is 31.7 Å². The first-order valence-corrected chi connectivity index (χ1v) is 6.69. The SMILES string of the molecule is CCCCCCCNC(=O)c1cc(C=[N+]=[N-])ccn1. The summed E-state index contributed by atoms with van der Waals surface area (Å²) in [4.78, 5) is 18.7. The molecule has 1 heterocycles. The van der Waals surface area contributed by atoms with E-state index >= 15 is 0 Å². The van der Waals surface area contributed by atoms with Crippen molar-refractivity contribution >= 4 is 12.1 Å². The summed E-state index contributed by atoms with van der Waals surface area (Å²) in [7, 11) is 0. The van der Waals surface area contributed by atoms with Crippen LogP contribution in [-0.4, -0.2) is 28.4 Å². The minimum atomic E-state index is -0.191. The van der Waals surface area contributed by atoms with Crippen molar-refractivity contribution in [1.82, 2.24) is 10.3 Å². The lowest BCUT2D eigenvalue weighted by molar-refractivity contribution is 0.00455. The molecule has 0 aliphatic rings. The number of aromatic nitrogens is 1. The van der Waals surface area contributed by atoms with Gasteiger partial charge in [0.05, 0.1) is 5.56 Å². The Labute approximate surface area is 113 Å². The van der Waals surface area contributed by atoms with Crippen molar-refractivity contribution < 1.29 is 9.58 Å². The molecule has 0 unspecified atom stereocenters. The number of carbonyl (C=O) groups excluding carboxylic acids is 1. The monoisotopic (exact) mass is 260 g/mol. The molecule has 1 amide bonds. The third-order valence-corrected chi connectivity index (χ3v) is 2.79. The second kappa shape index (κ2) is 9.00. The Morgan fingerprint density at radius 2 is 2.21 bits per heavy atom. The molecule has 5 nitrogen and oxygen atoms in total. The lowest BCUT2D eigenvalue weighted by Gasteiger charge is -2.04. The van der Waals surface area contributed by atoms with Crippen molar-refractivity contribution in [2.75, 3.05) is 6.54 Å². The summed E-state index contributed by atoms with van der Waals surface area (Å²) < 4.78 is 0. The van der Waals surface area contributed by atoms with Gasteiger partial charge in [0.1, 0.15) is 5.69 Å². The fourth-order valence-corrected chi connectivity index (χ4v) is 1.74. The maximum Gasteiger partial charge on any atom is 0.287 e. The van der Waals surface area contributed by atoms with E-state index in [0.29, 0.717) is 17.8 Å². The van der Waals surface area contributed by atoms with Gasteiger partial charge in [-0.15, -0.1) is 0 Å². The van der Waals surface area contributed by atoms with Crippen LogP contribution in [0.3, 0.4) is 0 Å². The minimum Gasteiger partial charge on any atom is -0.361 e. The van der Waals surface area contributed by atoms with Gasteiger partial charge in [-0.25, -0.2) is 0 Å². The first-order chi connectivity index (χ1) is 9.27. The summed E-state index contributed by atoms with van der Waals surface area (Å²) in [5.74, 6) is -0.191. The molecule has 5 heteroatoms. The van der Waals surface area contributed by atoms with E-state index in [4.69, 9.17) is 5.53 Å². The van der Waals surface area contributed by atoms with Gasteiger partial charge in [0.2, 0.25) is 0 Å². The Morgan fingerprint density at radius 1 is 1.42 bits per heavy atom. The van der Waals surface area contributed by atoms with Crippen molar-refractivity contribution in [3.8, 4) is 0 Å². The van der Waals surface area contributed by atoms with Crippen molar-refractivity contribution in [1.29, 1.82) is 0 Å². The number of rotatable bonds is 8. The number of carbonyl (C=O) groups is 1. The fourth-order valence-electron chi connectivity index (χ4n) is 1.74. The average Bonchev–Trinajstić information content (AvgIpc) is 2.43. The lowest BCUT2D eigenvalue weighted by Crippen LogP contribution is -2.25. The van der Waals surface area contributed by atoms with Crippen molar-refractivity contribution in [2.45, 2.75) is 39.0 Å². The number of hydrogen-bond donors (Lipinski definition) is 1. The van der Waals surface area contributed by atoms with E-state index in [-0.39, 0.29) is 5.91 Å². The molecule has 1 aromatic rings. The van der Waals surface area contributed by atoms with Gasteiger partial charge in [0, 0.05) is 12.7 Å². The number of nitrogens with one attached hydrogen (secondary N) is 1. The van der Waals surface area contributed by atoms with Gasteiger partial charge < -0.3 is 10.8 Å². The first kappa shape index (κ1) is 15.1. The smallest absolute Gasteiger partial charge is 0.287 e. The molecule has 0 fully saturated rings. The van der Waals surface area contributed by atoms with Crippen LogP contribution in [0.2, 0.25) is 0 Å². The molecule has 0 saturated heterocycles. The molecule has 0 aromatic carbocycles. The van der Waals surface area contributed by atoms with Gasteiger partial charge in [-0.2, -0.15) is 4.79 Å². The molecule has 0 bridgehead atoms. The Balaban J connectivity index is 2.36. The van der Waals surface area contributed by atoms with E-state index in [0.717, 1.165) is 12.8 Å². The van der Waals surface area contributed by atoms with Crippen LogP contribution in [0, 0.1) is 0 Å². The standard InChI is InChI=1S/C14H20N4O/c1-2-3-4-5-6-8-17-14(19)13-10-12(11-18-15)7-9-16-13/h7,9-11H,2-6,8H2,1H3,(H,17,19). The number of hydrogen-bond acceptors (Lipinski definition) is 2. The highest BCUT2D eigenvalue weighted by molar-refractivity contribution is 5.93. The fraction of sp³-hybridized carbons (Fsp3) is 0.500. The summed E-state index contributed by atoms with van der Waals surface area (Å²) in [6.45, 7) is 2.85. The molecular formula is C14H20N4O. The van der Waals surface area contributed by atoms with E-state index in [1.807, 2.05) is 0 Å². The minimum absolute atomic E-state index is 0.191. The lowest BCUT2D eigenvalue weighted by atomic mass is 10.1. The van der Waals surface area contributed by atoms with Crippen LogP contribution < -0.4 is 5.32 Å². The molecule has 1 rings (SSSR count). The maximum absolute atomic E-state index is 11.8. The molecule has 0 atom stereocenters. The van der Waals surface area contributed by atoms with E-state index < -0.39 is 0 Å². The van der Waals surface area contributed by atoms with Crippen LogP contribution in [0.25, 0.3) is 5.53 Å². The molecule has 0 aliphatic carbocycles. The Kier molecular flexibility index (Phi) is 7.13. The van der Waals surface area contributed by atoms with Gasteiger partial charge in [-0.1, -0.05) is 32.6 Å². The molecule has 0 aliphatic heterocycles. The Bertz CT molecular complexity index is 453.